The summed E-state index contributed by atoms with van der Waals surface area (Å²) in [5, 5.41) is 0. The molecule has 76 valence electrons. The van der Waals surface area contributed by atoms with Crippen molar-refractivity contribution < 1.29 is 13.9 Å². The zero-order valence-electron chi connectivity index (χ0n) is 8.13. The zero-order valence-corrected chi connectivity index (χ0v) is 8.13. The molecule has 1 aromatic rings. The Morgan fingerprint density at radius 3 is 3.21 bits per heavy atom. The molecule has 0 N–H and O–H groups in total. The van der Waals surface area contributed by atoms with E-state index < -0.39 is 0 Å². The number of benzene rings is 1. The lowest BCUT2D eigenvalue weighted by Crippen LogP contribution is -2.27. The molecule has 1 aliphatic rings. The molecule has 0 amide bonds. The SMILES string of the molecule is COCC1CCc2cc(F)ccc2O1. The average molecular weight is 196 g/mol. The smallest absolute Gasteiger partial charge is 0.123 e. The average Bonchev–Trinajstić information content (AvgIpc) is 2.19. The molecule has 0 aromatic heterocycles. The number of ether oxygens (including phenoxy) is 2. The van der Waals surface area contributed by atoms with Crippen LogP contribution in [0.5, 0.6) is 5.75 Å². The van der Waals surface area contributed by atoms with E-state index in [0.717, 1.165) is 24.2 Å². The normalized spacial score (nSPS) is 20.0. The molecule has 1 aliphatic heterocycles. The molecule has 0 radical (unpaired) electrons. The molecule has 1 heterocycles. The van der Waals surface area contributed by atoms with Gasteiger partial charge in [0.15, 0.2) is 0 Å². The highest BCUT2D eigenvalue weighted by Gasteiger charge is 2.19. The largest absolute Gasteiger partial charge is 0.488 e. The number of rotatable bonds is 2. The van der Waals surface area contributed by atoms with Crippen molar-refractivity contribution in [1.29, 1.82) is 0 Å². The lowest BCUT2D eigenvalue weighted by Gasteiger charge is -2.25. The fraction of sp³-hybridized carbons (Fsp3) is 0.455. The molecular weight excluding hydrogens is 183 g/mol. The standard InChI is InChI=1S/C11H13FO2/c1-13-7-10-4-2-8-6-9(12)3-5-11(8)14-10/h3,5-6,10H,2,4,7H2,1H3. The number of hydrogen-bond donors (Lipinski definition) is 0. The summed E-state index contributed by atoms with van der Waals surface area (Å²) in [5.74, 6) is 0.595. The second kappa shape index (κ2) is 3.96. The monoisotopic (exact) mass is 196 g/mol. The van der Waals surface area contributed by atoms with Crippen LogP contribution in [0.4, 0.5) is 4.39 Å². The predicted molar refractivity (Wildman–Crippen MR) is 51.0 cm³/mol. The van der Waals surface area contributed by atoms with E-state index >= 15 is 0 Å². The van der Waals surface area contributed by atoms with E-state index in [-0.39, 0.29) is 11.9 Å². The Kier molecular flexibility index (Phi) is 2.68. The van der Waals surface area contributed by atoms with Crippen LogP contribution in [-0.2, 0) is 11.2 Å². The van der Waals surface area contributed by atoms with E-state index in [1.165, 1.54) is 6.07 Å². The summed E-state index contributed by atoms with van der Waals surface area (Å²) in [6, 6.07) is 4.65. The first kappa shape index (κ1) is 9.46. The summed E-state index contributed by atoms with van der Waals surface area (Å²) in [4.78, 5) is 0. The summed E-state index contributed by atoms with van der Waals surface area (Å²) in [5.41, 5.74) is 0.956. The molecule has 2 rings (SSSR count). The number of halogens is 1. The van der Waals surface area contributed by atoms with Gasteiger partial charge in [-0.25, -0.2) is 4.39 Å². The van der Waals surface area contributed by atoms with Crippen molar-refractivity contribution in [3.05, 3.63) is 29.6 Å². The van der Waals surface area contributed by atoms with Crippen molar-refractivity contribution in [2.45, 2.75) is 18.9 Å². The van der Waals surface area contributed by atoms with Gasteiger partial charge in [-0.15, -0.1) is 0 Å². The Balaban J connectivity index is 2.15. The molecule has 0 fully saturated rings. The van der Waals surface area contributed by atoms with Crippen LogP contribution in [0.3, 0.4) is 0 Å². The summed E-state index contributed by atoms with van der Waals surface area (Å²) in [6.45, 7) is 0.594. The van der Waals surface area contributed by atoms with Crippen molar-refractivity contribution in [1.82, 2.24) is 0 Å². The highest BCUT2D eigenvalue weighted by atomic mass is 19.1. The minimum absolute atomic E-state index is 0.109. The molecular formula is C11H13FO2. The second-order valence-corrected chi connectivity index (χ2v) is 3.49. The van der Waals surface area contributed by atoms with E-state index in [1.807, 2.05) is 0 Å². The van der Waals surface area contributed by atoms with Gasteiger partial charge in [0.25, 0.3) is 0 Å². The zero-order chi connectivity index (χ0) is 9.97. The fourth-order valence-electron chi connectivity index (χ4n) is 1.72. The minimum Gasteiger partial charge on any atom is -0.488 e. The lowest BCUT2D eigenvalue weighted by atomic mass is 10.0. The number of hydrogen-bond acceptors (Lipinski definition) is 2. The van der Waals surface area contributed by atoms with Crippen molar-refractivity contribution in [2.24, 2.45) is 0 Å². The molecule has 0 bridgehead atoms. The molecule has 0 saturated heterocycles. The van der Waals surface area contributed by atoms with Gasteiger partial charge in [-0.3, -0.25) is 0 Å². The number of fused-ring (bicyclic) bond motifs is 1. The van der Waals surface area contributed by atoms with Crippen LogP contribution in [0.2, 0.25) is 0 Å². The van der Waals surface area contributed by atoms with Gasteiger partial charge in [0, 0.05) is 7.11 Å². The van der Waals surface area contributed by atoms with Crippen LogP contribution in [0, 0.1) is 5.82 Å². The van der Waals surface area contributed by atoms with Crippen molar-refractivity contribution in [2.75, 3.05) is 13.7 Å². The Hall–Kier alpha value is -1.09. The van der Waals surface area contributed by atoms with Gasteiger partial charge in [-0.2, -0.15) is 0 Å². The Bertz CT molecular complexity index is 325. The quantitative estimate of drug-likeness (QED) is 0.721. The topological polar surface area (TPSA) is 18.5 Å². The maximum atomic E-state index is 12.9. The third-order valence-electron chi connectivity index (χ3n) is 2.40. The maximum Gasteiger partial charge on any atom is 0.123 e. The highest BCUT2D eigenvalue weighted by molar-refractivity contribution is 5.35. The van der Waals surface area contributed by atoms with Crippen LogP contribution in [0.15, 0.2) is 18.2 Å². The fourth-order valence-corrected chi connectivity index (χ4v) is 1.72. The molecule has 14 heavy (non-hydrogen) atoms. The van der Waals surface area contributed by atoms with E-state index in [9.17, 15) is 4.39 Å². The van der Waals surface area contributed by atoms with E-state index in [4.69, 9.17) is 9.47 Å². The molecule has 3 heteroatoms. The molecule has 0 saturated carbocycles. The molecule has 1 atom stereocenters. The summed E-state index contributed by atoms with van der Waals surface area (Å²) >= 11 is 0. The van der Waals surface area contributed by atoms with Gasteiger partial charge >= 0.3 is 0 Å². The van der Waals surface area contributed by atoms with Crippen LogP contribution >= 0.6 is 0 Å². The first-order valence-corrected chi connectivity index (χ1v) is 4.73. The van der Waals surface area contributed by atoms with Crippen molar-refractivity contribution in [3.8, 4) is 5.75 Å². The maximum absolute atomic E-state index is 12.9. The van der Waals surface area contributed by atoms with E-state index in [1.54, 1.807) is 19.2 Å². The molecule has 0 aliphatic carbocycles. The van der Waals surface area contributed by atoms with Gasteiger partial charge in [0.05, 0.1) is 6.61 Å². The number of aryl methyl sites for hydroxylation is 1. The van der Waals surface area contributed by atoms with Crippen LogP contribution in [0.1, 0.15) is 12.0 Å². The van der Waals surface area contributed by atoms with Crippen molar-refractivity contribution >= 4 is 0 Å². The molecule has 1 unspecified atom stereocenters. The Morgan fingerprint density at radius 1 is 1.57 bits per heavy atom. The predicted octanol–water partition coefficient (Wildman–Crippen LogP) is 2.17. The van der Waals surface area contributed by atoms with E-state index in [0.29, 0.717) is 6.61 Å². The highest BCUT2D eigenvalue weighted by Crippen LogP contribution is 2.27. The second-order valence-electron chi connectivity index (χ2n) is 3.49. The third-order valence-corrected chi connectivity index (χ3v) is 2.40. The van der Waals surface area contributed by atoms with Gasteiger partial charge in [0.1, 0.15) is 17.7 Å². The Morgan fingerprint density at radius 2 is 2.43 bits per heavy atom. The third kappa shape index (κ3) is 1.87. The summed E-state index contributed by atoms with van der Waals surface area (Å²) in [6.07, 6.45) is 1.86. The van der Waals surface area contributed by atoms with Crippen molar-refractivity contribution in [3.63, 3.8) is 0 Å². The van der Waals surface area contributed by atoms with Gasteiger partial charge in [0.2, 0.25) is 0 Å². The van der Waals surface area contributed by atoms with Gasteiger partial charge in [-0.1, -0.05) is 0 Å². The first-order chi connectivity index (χ1) is 6.79. The van der Waals surface area contributed by atoms with Crippen LogP contribution in [-0.4, -0.2) is 19.8 Å². The Labute approximate surface area is 82.6 Å². The summed E-state index contributed by atoms with van der Waals surface area (Å²) < 4.78 is 23.5. The number of methoxy groups -OCH3 is 1. The van der Waals surface area contributed by atoms with Crippen LogP contribution in [0.25, 0.3) is 0 Å². The van der Waals surface area contributed by atoms with Gasteiger partial charge < -0.3 is 9.47 Å². The first-order valence-electron chi connectivity index (χ1n) is 4.73. The van der Waals surface area contributed by atoms with E-state index in [2.05, 4.69) is 0 Å². The lowest BCUT2D eigenvalue weighted by molar-refractivity contribution is 0.0676. The minimum atomic E-state index is -0.197. The van der Waals surface area contributed by atoms with Gasteiger partial charge in [-0.05, 0) is 36.6 Å². The van der Waals surface area contributed by atoms with Crippen LogP contribution < -0.4 is 4.74 Å². The molecule has 0 spiro atoms. The molecule has 2 nitrogen and oxygen atoms in total. The molecule has 1 aromatic carbocycles. The summed E-state index contributed by atoms with van der Waals surface area (Å²) in [7, 11) is 1.66.